The molecule has 1 aliphatic heterocycles. The lowest BCUT2D eigenvalue weighted by Crippen LogP contribution is -2.13. The van der Waals surface area contributed by atoms with E-state index in [0.29, 0.717) is 0 Å². The van der Waals surface area contributed by atoms with Crippen LogP contribution in [0.2, 0.25) is 0 Å². The summed E-state index contributed by atoms with van der Waals surface area (Å²) in [6, 6.07) is 66.8. The molecule has 0 saturated carbocycles. The number of hydrogen-bond donors (Lipinski definition) is 0. The lowest BCUT2D eigenvalue weighted by atomic mass is 9.87. The molecule has 0 N–H and O–H groups in total. The number of fused-ring (bicyclic) bond motifs is 2. The third-order valence-electron chi connectivity index (χ3n) is 9.27. The summed E-state index contributed by atoms with van der Waals surface area (Å²) in [5.41, 5.74) is 12.6. The van der Waals surface area contributed by atoms with Gasteiger partial charge in [-0.1, -0.05) is 146 Å². The molecule has 1 heterocycles. The Hall–Kier alpha value is -6.38. The van der Waals surface area contributed by atoms with Gasteiger partial charge in [0.25, 0.3) is 0 Å². The second-order valence-electron chi connectivity index (χ2n) is 12.1. The van der Waals surface area contributed by atoms with Crippen molar-refractivity contribution in [3.63, 3.8) is 0 Å². The predicted molar refractivity (Wildman–Crippen MR) is 200 cm³/mol. The fourth-order valence-corrected chi connectivity index (χ4v) is 7.00. The van der Waals surface area contributed by atoms with Crippen LogP contribution in [0, 0.1) is 0 Å². The van der Waals surface area contributed by atoms with Crippen LogP contribution in [-0.2, 0) is 0 Å². The maximum absolute atomic E-state index is 6.67. The van der Waals surface area contributed by atoms with Crippen molar-refractivity contribution in [3.8, 4) is 56.0 Å². The van der Waals surface area contributed by atoms with Gasteiger partial charge in [-0.3, -0.25) is 0 Å². The Bertz CT molecular complexity index is 2300. The molecule has 1 aliphatic rings. The van der Waals surface area contributed by atoms with Gasteiger partial charge in [0.1, 0.15) is 11.5 Å². The quantitative estimate of drug-likeness (QED) is 0.185. The molecule has 2 nitrogen and oxygen atoms in total. The zero-order valence-corrected chi connectivity index (χ0v) is 26.3. The van der Waals surface area contributed by atoms with Crippen LogP contribution in [0.3, 0.4) is 0 Å². The average Bonchev–Trinajstić information content (AvgIpc) is 3.17. The molecule has 0 aromatic heterocycles. The second kappa shape index (κ2) is 11.8. The summed E-state index contributed by atoms with van der Waals surface area (Å²) in [5.74, 6) is 1.74. The van der Waals surface area contributed by atoms with Crippen molar-refractivity contribution in [2.75, 3.05) is 4.90 Å². The highest BCUT2D eigenvalue weighted by molar-refractivity contribution is 6.13. The molecule has 0 amide bonds. The molecule has 0 radical (unpaired) electrons. The normalized spacial score (nSPS) is 11.5. The van der Waals surface area contributed by atoms with Gasteiger partial charge in [-0.15, -0.1) is 0 Å². The van der Waals surface area contributed by atoms with Crippen LogP contribution in [-0.4, -0.2) is 0 Å². The summed E-state index contributed by atoms with van der Waals surface area (Å²) < 4.78 is 6.67. The van der Waals surface area contributed by atoms with Crippen molar-refractivity contribution in [2.24, 2.45) is 0 Å². The Morgan fingerprint density at radius 1 is 0.333 bits per heavy atom. The molecule has 0 bridgehead atoms. The van der Waals surface area contributed by atoms with Crippen molar-refractivity contribution in [1.82, 2.24) is 0 Å². The zero-order valence-electron chi connectivity index (χ0n) is 26.3. The number of nitrogens with zero attached hydrogens (tertiary/aromatic N) is 1. The highest BCUT2D eigenvalue weighted by atomic mass is 16.5. The highest BCUT2D eigenvalue weighted by Gasteiger charge is 2.29. The van der Waals surface area contributed by atoms with Crippen LogP contribution in [0.5, 0.6) is 11.5 Å². The van der Waals surface area contributed by atoms with Gasteiger partial charge >= 0.3 is 0 Å². The maximum atomic E-state index is 6.67. The molecule has 9 rings (SSSR count). The molecule has 48 heavy (non-hydrogen) atoms. The van der Waals surface area contributed by atoms with Gasteiger partial charge in [-0.2, -0.15) is 0 Å². The molecule has 226 valence electrons. The number of ether oxygens (including phenoxy) is 1. The maximum Gasteiger partial charge on any atom is 0.136 e. The van der Waals surface area contributed by atoms with Crippen LogP contribution in [0.4, 0.5) is 17.1 Å². The summed E-state index contributed by atoms with van der Waals surface area (Å²) in [4.78, 5) is 2.39. The topological polar surface area (TPSA) is 12.5 Å². The van der Waals surface area contributed by atoms with Crippen molar-refractivity contribution in [2.45, 2.75) is 0 Å². The molecular weight excluding hydrogens is 583 g/mol. The van der Waals surface area contributed by atoms with E-state index >= 15 is 0 Å². The van der Waals surface area contributed by atoms with E-state index in [-0.39, 0.29) is 0 Å². The molecule has 8 aromatic rings. The minimum Gasteiger partial charge on any atom is -0.456 e. The van der Waals surface area contributed by atoms with Gasteiger partial charge in [-0.25, -0.2) is 0 Å². The fraction of sp³-hybridized carbons (Fsp3) is 0. The molecule has 0 fully saturated rings. The number of rotatable bonds is 6. The first-order chi connectivity index (χ1) is 23.8. The smallest absolute Gasteiger partial charge is 0.136 e. The van der Waals surface area contributed by atoms with Gasteiger partial charge in [-0.05, 0) is 81.2 Å². The van der Waals surface area contributed by atoms with Crippen molar-refractivity contribution >= 4 is 27.8 Å². The van der Waals surface area contributed by atoms with Crippen molar-refractivity contribution in [1.29, 1.82) is 0 Å². The van der Waals surface area contributed by atoms with Crippen LogP contribution < -0.4 is 9.64 Å². The van der Waals surface area contributed by atoms with Gasteiger partial charge in [0.05, 0.1) is 5.69 Å². The Balaban J connectivity index is 1.29. The van der Waals surface area contributed by atoms with Gasteiger partial charge < -0.3 is 9.64 Å². The number of anilines is 3. The minimum atomic E-state index is 0.864. The minimum absolute atomic E-state index is 0.864. The van der Waals surface area contributed by atoms with Crippen LogP contribution in [0.1, 0.15) is 0 Å². The zero-order chi connectivity index (χ0) is 31.9. The van der Waals surface area contributed by atoms with Crippen LogP contribution in [0.25, 0.3) is 55.3 Å². The monoisotopic (exact) mass is 613 g/mol. The summed E-state index contributed by atoms with van der Waals surface area (Å²) in [6.45, 7) is 0. The molecule has 0 spiro atoms. The SMILES string of the molecule is c1ccc(-c2ccc(N(c3ccc(-c4ccccc4)cc3)c3ccc4cccc5c4c3-c3c(cccc3-c3ccccc3)O5)cc2)cc1. The molecule has 2 heteroatoms. The molecule has 8 aromatic carbocycles. The van der Waals surface area contributed by atoms with Crippen molar-refractivity contribution < 1.29 is 4.74 Å². The number of benzene rings is 8. The largest absolute Gasteiger partial charge is 0.456 e. The average molecular weight is 614 g/mol. The third-order valence-corrected chi connectivity index (χ3v) is 9.27. The highest BCUT2D eigenvalue weighted by Crippen LogP contribution is 2.55. The second-order valence-corrected chi connectivity index (χ2v) is 12.1. The summed E-state index contributed by atoms with van der Waals surface area (Å²) >= 11 is 0. The van der Waals surface area contributed by atoms with E-state index in [9.17, 15) is 0 Å². The van der Waals surface area contributed by atoms with E-state index < -0.39 is 0 Å². The van der Waals surface area contributed by atoms with E-state index in [1.165, 1.54) is 27.8 Å². The van der Waals surface area contributed by atoms with Crippen LogP contribution in [0.15, 0.2) is 188 Å². The van der Waals surface area contributed by atoms with E-state index in [1.54, 1.807) is 0 Å². The molecule has 0 unspecified atom stereocenters. The Morgan fingerprint density at radius 2 is 0.833 bits per heavy atom. The Labute approximate surface area is 280 Å². The van der Waals surface area contributed by atoms with E-state index in [2.05, 4.69) is 193 Å². The third kappa shape index (κ3) is 4.83. The fourth-order valence-electron chi connectivity index (χ4n) is 7.00. The first kappa shape index (κ1) is 27.9. The first-order valence-electron chi connectivity index (χ1n) is 16.4. The number of hydrogen-bond acceptors (Lipinski definition) is 2. The molecule has 0 aliphatic carbocycles. The molecule has 0 atom stereocenters. The predicted octanol–water partition coefficient (Wildman–Crippen LogP) is 13.1. The lowest BCUT2D eigenvalue weighted by molar-refractivity contribution is 0.487. The Morgan fingerprint density at radius 3 is 1.42 bits per heavy atom. The van der Waals surface area contributed by atoms with E-state index in [1.807, 2.05) is 0 Å². The first-order valence-corrected chi connectivity index (χ1v) is 16.4. The summed E-state index contributed by atoms with van der Waals surface area (Å²) in [7, 11) is 0. The van der Waals surface area contributed by atoms with Gasteiger partial charge in [0, 0.05) is 27.9 Å². The van der Waals surface area contributed by atoms with Crippen LogP contribution >= 0.6 is 0 Å². The van der Waals surface area contributed by atoms with Gasteiger partial charge in [0.2, 0.25) is 0 Å². The molecule has 0 saturated heterocycles. The standard InChI is InChI=1S/C46H31NO/c1-4-12-32(13-5-1)34-22-27-38(28-23-34)47(39-29-24-35(25-30-39)33-14-6-2-7-15-33)41-31-26-37-18-10-20-42-44(37)46(41)45-40(19-11-21-43(45)48-42)36-16-8-3-9-17-36/h1-31H. The van der Waals surface area contributed by atoms with E-state index in [4.69, 9.17) is 4.74 Å². The Kier molecular flexibility index (Phi) is 6.84. The summed E-state index contributed by atoms with van der Waals surface area (Å²) in [6.07, 6.45) is 0. The van der Waals surface area contributed by atoms with E-state index in [0.717, 1.165) is 56.0 Å². The molecular formula is C46H31NO. The van der Waals surface area contributed by atoms with Gasteiger partial charge in [0.15, 0.2) is 0 Å². The lowest BCUT2D eigenvalue weighted by Gasteiger charge is -2.32. The van der Waals surface area contributed by atoms with Crippen molar-refractivity contribution in [3.05, 3.63) is 188 Å². The summed E-state index contributed by atoms with van der Waals surface area (Å²) in [5, 5.41) is 2.27.